The van der Waals surface area contributed by atoms with E-state index in [2.05, 4.69) is 5.32 Å². The van der Waals surface area contributed by atoms with E-state index in [0.717, 1.165) is 0 Å². The van der Waals surface area contributed by atoms with E-state index < -0.39 is 6.10 Å². The highest BCUT2D eigenvalue weighted by atomic mass is 16.5. The summed E-state index contributed by atoms with van der Waals surface area (Å²) in [6.45, 7) is 0.278. The fourth-order valence-electron chi connectivity index (χ4n) is 1.37. The molecule has 6 nitrogen and oxygen atoms in total. The number of carbonyl (C=O) groups excluding carboxylic acids is 1. The lowest BCUT2D eigenvalue weighted by atomic mass is 10.1. The molecular formula is C11H17N3O3. The van der Waals surface area contributed by atoms with Gasteiger partial charge in [0, 0.05) is 30.6 Å². The van der Waals surface area contributed by atoms with Crippen LogP contribution in [0.15, 0.2) is 18.2 Å². The van der Waals surface area contributed by atoms with Crippen LogP contribution in [-0.4, -0.2) is 37.4 Å². The van der Waals surface area contributed by atoms with Crippen LogP contribution in [0.5, 0.6) is 0 Å². The summed E-state index contributed by atoms with van der Waals surface area (Å²) in [5.74, 6) is -0.334. The maximum absolute atomic E-state index is 11.7. The summed E-state index contributed by atoms with van der Waals surface area (Å²) in [7, 11) is 1.48. The van der Waals surface area contributed by atoms with Gasteiger partial charge in [-0.25, -0.2) is 0 Å². The Labute approximate surface area is 99.6 Å². The third-order valence-electron chi connectivity index (χ3n) is 2.10. The molecule has 6 heteroatoms. The molecule has 0 aromatic heterocycles. The van der Waals surface area contributed by atoms with E-state index >= 15 is 0 Å². The van der Waals surface area contributed by atoms with Gasteiger partial charge in [0.2, 0.25) is 0 Å². The number of aliphatic hydroxyl groups is 1. The number of benzene rings is 1. The molecule has 17 heavy (non-hydrogen) atoms. The number of nitrogens with one attached hydrogen (secondary N) is 1. The van der Waals surface area contributed by atoms with Crippen molar-refractivity contribution in [2.75, 3.05) is 31.7 Å². The molecule has 1 aromatic carbocycles. The van der Waals surface area contributed by atoms with Gasteiger partial charge in [0.25, 0.3) is 5.91 Å². The molecule has 0 fully saturated rings. The maximum atomic E-state index is 11.7. The second kappa shape index (κ2) is 6.07. The summed E-state index contributed by atoms with van der Waals surface area (Å²) in [6.07, 6.45) is -0.734. The number of hydrogen-bond donors (Lipinski definition) is 4. The molecule has 6 N–H and O–H groups in total. The molecule has 0 spiro atoms. The van der Waals surface area contributed by atoms with Gasteiger partial charge in [-0.05, 0) is 18.2 Å². The topological polar surface area (TPSA) is 111 Å². The van der Waals surface area contributed by atoms with E-state index in [-0.39, 0.29) is 19.1 Å². The molecular weight excluding hydrogens is 222 g/mol. The van der Waals surface area contributed by atoms with Crippen LogP contribution in [0, 0.1) is 0 Å². The number of amides is 1. The minimum absolute atomic E-state index is 0.112. The van der Waals surface area contributed by atoms with Crippen molar-refractivity contribution < 1.29 is 14.6 Å². The van der Waals surface area contributed by atoms with E-state index in [9.17, 15) is 9.90 Å². The first-order valence-electron chi connectivity index (χ1n) is 5.14. The predicted octanol–water partition coefficient (Wildman–Crippen LogP) is -0.412. The minimum atomic E-state index is -0.734. The van der Waals surface area contributed by atoms with Crippen LogP contribution >= 0.6 is 0 Å². The molecule has 1 unspecified atom stereocenters. The highest BCUT2D eigenvalue weighted by molar-refractivity contribution is 5.96. The third kappa shape index (κ3) is 4.29. The van der Waals surface area contributed by atoms with Crippen LogP contribution in [0.3, 0.4) is 0 Å². The molecule has 1 atom stereocenters. The molecule has 0 heterocycles. The average molecular weight is 239 g/mol. The maximum Gasteiger partial charge on any atom is 0.251 e. The summed E-state index contributed by atoms with van der Waals surface area (Å²) in [5.41, 5.74) is 12.4. The van der Waals surface area contributed by atoms with E-state index in [0.29, 0.717) is 16.9 Å². The van der Waals surface area contributed by atoms with Gasteiger partial charge in [-0.3, -0.25) is 4.79 Å². The van der Waals surface area contributed by atoms with Crippen molar-refractivity contribution >= 4 is 17.3 Å². The summed E-state index contributed by atoms with van der Waals surface area (Å²) in [4.78, 5) is 11.7. The summed E-state index contributed by atoms with van der Waals surface area (Å²) >= 11 is 0. The molecule has 0 saturated carbocycles. The van der Waals surface area contributed by atoms with Crippen LogP contribution in [-0.2, 0) is 4.74 Å². The smallest absolute Gasteiger partial charge is 0.251 e. The lowest BCUT2D eigenvalue weighted by molar-refractivity contribution is 0.0610. The van der Waals surface area contributed by atoms with Gasteiger partial charge in [0.15, 0.2) is 0 Å². The van der Waals surface area contributed by atoms with E-state index in [1.54, 1.807) is 6.07 Å². The number of rotatable bonds is 5. The normalized spacial score (nSPS) is 12.1. The standard InChI is InChI=1S/C11H17N3O3/c1-17-6-10(15)5-14-11(16)7-2-8(12)4-9(13)3-7/h2-4,10,15H,5-6,12-13H2,1H3,(H,14,16). The van der Waals surface area contributed by atoms with Crippen LogP contribution in [0.4, 0.5) is 11.4 Å². The van der Waals surface area contributed by atoms with E-state index in [4.69, 9.17) is 16.2 Å². The molecule has 94 valence electrons. The van der Waals surface area contributed by atoms with Gasteiger partial charge in [0.05, 0.1) is 12.7 Å². The zero-order valence-electron chi connectivity index (χ0n) is 9.64. The van der Waals surface area contributed by atoms with Gasteiger partial charge >= 0.3 is 0 Å². The van der Waals surface area contributed by atoms with Crippen LogP contribution < -0.4 is 16.8 Å². The molecule has 1 amide bonds. The Balaban J connectivity index is 2.58. The number of anilines is 2. The van der Waals surface area contributed by atoms with Crippen molar-refractivity contribution in [2.45, 2.75) is 6.10 Å². The highest BCUT2D eigenvalue weighted by Crippen LogP contribution is 2.13. The van der Waals surface area contributed by atoms with Crippen molar-refractivity contribution in [3.05, 3.63) is 23.8 Å². The largest absolute Gasteiger partial charge is 0.399 e. The Morgan fingerprint density at radius 1 is 1.41 bits per heavy atom. The van der Waals surface area contributed by atoms with Crippen molar-refractivity contribution in [2.24, 2.45) is 0 Å². The van der Waals surface area contributed by atoms with Gasteiger partial charge in [0.1, 0.15) is 0 Å². The second-order valence-corrected chi connectivity index (χ2v) is 3.71. The first-order chi connectivity index (χ1) is 8.02. The first kappa shape index (κ1) is 13.3. The van der Waals surface area contributed by atoms with Crippen LogP contribution in [0.2, 0.25) is 0 Å². The van der Waals surface area contributed by atoms with Crippen molar-refractivity contribution in [1.82, 2.24) is 5.32 Å². The summed E-state index contributed by atoms with van der Waals surface area (Å²) in [5, 5.41) is 11.9. The lowest BCUT2D eigenvalue weighted by Crippen LogP contribution is -2.34. The number of ether oxygens (including phenoxy) is 1. The fourth-order valence-corrected chi connectivity index (χ4v) is 1.37. The van der Waals surface area contributed by atoms with Crippen molar-refractivity contribution in [3.8, 4) is 0 Å². The second-order valence-electron chi connectivity index (χ2n) is 3.71. The summed E-state index contributed by atoms with van der Waals surface area (Å²) < 4.78 is 4.74. The summed E-state index contributed by atoms with van der Waals surface area (Å²) in [6, 6.07) is 4.61. The molecule has 0 radical (unpaired) electrons. The van der Waals surface area contributed by atoms with E-state index in [1.807, 2.05) is 0 Å². The molecule has 0 aliphatic carbocycles. The van der Waals surface area contributed by atoms with Gasteiger partial charge in [-0.15, -0.1) is 0 Å². The number of methoxy groups -OCH3 is 1. The molecule has 1 rings (SSSR count). The lowest BCUT2D eigenvalue weighted by Gasteiger charge is -2.11. The first-order valence-corrected chi connectivity index (χ1v) is 5.14. The molecule has 0 aliphatic rings. The number of nitrogen functional groups attached to an aromatic ring is 2. The average Bonchev–Trinajstić information content (AvgIpc) is 2.25. The Bertz CT molecular complexity index is 375. The molecule has 0 saturated heterocycles. The highest BCUT2D eigenvalue weighted by Gasteiger charge is 2.09. The van der Waals surface area contributed by atoms with Crippen molar-refractivity contribution in [3.63, 3.8) is 0 Å². The number of nitrogens with two attached hydrogens (primary N) is 2. The Kier molecular flexibility index (Phi) is 4.74. The number of carbonyl (C=O) groups is 1. The van der Waals surface area contributed by atoms with Crippen LogP contribution in [0.1, 0.15) is 10.4 Å². The molecule has 1 aromatic rings. The number of aliphatic hydroxyl groups excluding tert-OH is 1. The predicted molar refractivity (Wildman–Crippen MR) is 65.5 cm³/mol. The van der Waals surface area contributed by atoms with Crippen molar-refractivity contribution in [1.29, 1.82) is 0 Å². The fraction of sp³-hybridized carbons (Fsp3) is 0.364. The van der Waals surface area contributed by atoms with Gasteiger partial charge in [-0.2, -0.15) is 0 Å². The third-order valence-corrected chi connectivity index (χ3v) is 2.10. The Hall–Kier alpha value is -1.79. The van der Waals surface area contributed by atoms with Crippen LogP contribution in [0.25, 0.3) is 0 Å². The number of hydrogen-bond acceptors (Lipinski definition) is 5. The monoisotopic (exact) mass is 239 g/mol. The molecule has 0 aliphatic heterocycles. The van der Waals surface area contributed by atoms with E-state index in [1.165, 1.54) is 19.2 Å². The molecule has 0 bridgehead atoms. The quantitative estimate of drug-likeness (QED) is 0.522. The Morgan fingerprint density at radius 3 is 2.53 bits per heavy atom. The van der Waals surface area contributed by atoms with Gasteiger partial charge in [-0.1, -0.05) is 0 Å². The minimum Gasteiger partial charge on any atom is -0.399 e. The SMILES string of the molecule is COCC(O)CNC(=O)c1cc(N)cc(N)c1. The van der Waals surface area contributed by atoms with Gasteiger partial charge < -0.3 is 26.6 Å². The zero-order chi connectivity index (χ0) is 12.8. The zero-order valence-corrected chi connectivity index (χ0v) is 9.64. The Morgan fingerprint density at radius 2 is 2.00 bits per heavy atom.